The second-order valence-corrected chi connectivity index (χ2v) is 3.74. The number of benzene rings is 1. The summed E-state index contributed by atoms with van der Waals surface area (Å²) >= 11 is 11.7. The Bertz CT molecular complexity index is 454. The molecule has 0 atom stereocenters. The van der Waals surface area contributed by atoms with E-state index in [9.17, 15) is 0 Å². The molecule has 0 aromatic heterocycles. The molecule has 0 bridgehead atoms. The SMILES string of the molecule is CC(=O)O.NC(N)=N/N=C/c1c(Cl)cccc1Cl.O.O.O. The van der Waals surface area contributed by atoms with Gasteiger partial charge >= 0.3 is 0 Å². The van der Waals surface area contributed by atoms with E-state index in [4.69, 9.17) is 44.6 Å². The minimum atomic E-state index is -0.833. The number of halogens is 2. The first-order valence-corrected chi connectivity index (χ1v) is 5.35. The molecule has 11 heteroatoms. The van der Waals surface area contributed by atoms with Gasteiger partial charge in [0.05, 0.1) is 16.3 Å². The lowest BCUT2D eigenvalue weighted by Crippen LogP contribution is -2.21. The summed E-state index contributed by atoms with van der Waals surface area (Å²) in [5.41, 5.74) is 10.7. The number of hydrogen-bond donors (Lipinski definition) is 3. The fourth-order valence-corrected chi connectivity index (χ4v) is 1.28. The molecular weight excluding hydrogens is 327 g/mol. The zero-order chi connectivity index (χ0) is 14.1. The summed E-state index contributed by atoms with van der Waals surface area (Å²) in [5.74, 6) is -0.954. The molecule has 21 heavy (non-hydrogen) atoms. The molecule has 0 aliphatic heterocycles. The van der Waals surface area contributed by atoms with Crippen LogP contribution in [0, 0.1) is 0 Å². The molecule has 1 aromatic carbocycles. The van der Waals surface area contributed by atoms with Gasteiger partial charge in [-0.15, -0.1) is 5.10 Å². The smallest absolute Gasteiger partial charge is 0.300 e. The van der Waals surface area contributed by atoms with Crippen molar-refractivity contribution in [2.75, 3.05) is 0 Å². The van der Waals surface area contributed by atoms with Crippen molar-refractivity contribution in [3.05, 3.63) is 33.8 Å². The van der Waals surface area contributed by atoms with E-state index in [-0.39, 0.29) is 22.4 Å². The molecule has 0 radical (unpaired) electrons. The molecule has 122 valence electrons. The molecule has 0 aliphatic rings. The van der Waals surface area contributed by atoms with E-state index in [0.717, 1.165) is 6.92 Å². The minimum absolute atomic E-state index is 0. The van der Waals surface area contributed by atoms with Gasteiger partial charge in [0.15, 0.2) is 0 Å². The topological polar surface area (TPSA) is 209 Å². The molecule has 0 unspecified atom stereocenters. The maximum atomic E-state index is 9.00. The Morgan fingerprint density at radius 2 is 1.57 bits per heavy atom. The first-order valence-electron chi connectivity index (χ1n) is 4.60. The molecule has 0 saturated carbocycles. The standard InChI is InChI=1S/C8H8Cl2N4.C2H4O2.3H2O/c9-6-2-1-3-7(10)5(6)4-13-14-8(11)12;1-2(3)4;;;/h1-4H,(H4,11,12,14);1H3,(H,3,4);3*1H2/b13-4+;;;;. The van der Waals surface area contributed by atoms with Crippen LogP contribution in [-0.4, -0.2) is 39.7 Å². The Kier molecular flexibility index (Phi) is 18.9. The van der Waals surface area contributed by atoms with Crippen molar-refractivity contribution < 1.29 is 26.3 Å². The van der Waals surface area contributed by atoms with Gasteiger partial charge in [-0.2, -0.15) is 5.10 Å². The van der Waals surface area contributed by atoms with Gasteiger partial charge in [0.2, 0.25) is 5.96 Å². The van der Waals surface area contributed by atoms with Gasteiger partial charge in [0.1, 0.15) is 0 Å². The quantitative estimate of drug-likeness (QED) is 0.357. The number of carboxylic acids is 1. The first kappa shape index (κ1) is 27.4. The molecule has 0 spiro atoms. The van der Waals surface area contributed by atoms with Crippen LogP contribution in [0.1, 0.15) is 12.5 Å². The Balaban J connectivity index is -0.000000185. The lowest BCUT2D eigenvalue weighted by molar-refractivity contribution is -0.134. The number of aliphatic carboxylic acids is 1. The lowest BCUT2D eigenvalue weighted by atomic mass is 10.2. The molecule has 0 heterocycles. The minimum Gasteiger partial charge on any atom is -0.481 e. The fraction of sp³-hybridized carbons (Fsp3) is 0.100. The number of rotatable bonds is 2. The Morgan fingerprint density at radius 1 is 1.19 bits per heavy atom. The lowest BCUT2D eigenvalue weighted by Gasteiger charge is -1.98. The molecular formula is C10H18Cl2N4O5. The van der Waals surface area contributed by atoms with Crippen LogP contribution in [0.4, 0.5) is 0 Å². The maximum absolute atomic E-state index is 9.00. The highest BCUT2D eigenvalue weighted by Crippen LogP contribution is 2.22. The van der Waals surface area contributed by atoms with E-state index < -0.39 is 5.97 Å². The number of hydrogen-bond acceptors (Lipinski definition) is 3. The Hall–Kier alpha value is -1.91. The molecule has 1 rings (SSSR count). The molecule has 0 amide bonds. The van der Waals surface area contributed by atoms with Crippen LogP contribution in [0.15, 0.2) is 28.4 Å². The van der Waals surface area contributed by atoms with Gasteiger partial charge in [0.25, 0.3) is 5.97 Å². The van der Waals surface area contributed by atoms with Gasteiger partial charge < -0.3 is 33.0 Å². The summed E-state index contributed by atoms with van der Waals surface area (Å²) < 4.78 is 0. The molecule has 0 saturated heterocycles. The van der Waals surface area contributed by atoms with Crippen LogP contribution in [0.2, 0.25) is 10.0 Å². The highest BCUT2D eigenvalue weighted by molar-refractivity contribution is 6.38. The average molecular weight is 345 g/mol. The van der Waals surface area contributed by atoms with Gasteiger partial charge in [-0.05, 0) is 12.1 Å². The van der Waals surface area contributed by atoms with E-state index in [1.807, 2.05) is 0 Å². The highest BCUT2D eigenvalue weighted by Gasteiger charge is 2.01. The Labute approximate surface area is 130 Å². The van der Waals surface area contributed by atoms with Gasteiger partial charge in [-0.1, -0.05) is 29.3 Å². The maximum Gasteiger partial charge on any atom is 0.300 e. The van der Waals surface area contributed by atoms with E-state index in [1.165, 1.54) is 6.21 Å². The van der Waals surface area contributed by atoms with E-state index in [1.54, 1.807) is 18.2 Å². The van der Waals surface area contributed by atoms with Crippen LogP contribution in [0.5, 0.6) is 0 Å². The second-order valence-electron chi connectivity index (χ2n) is 2.92. The van der Waals surface area contributed by atoms with Gasteiger partial charge in [-0.3, -0.25) is 4.79 Å². The summed E-state index contributed by atoms with van der Waals surface area (Å²) in [7, 11) is 0. The summed E-state index contributed by atoms with van der Waals surface area (Å²) in [6, 6.07) is 5.14. The first-order chi connectivity index (χ1) is 8.34. The van der Waals surface area contributed by atoms with Crippen molar-refractivity contribution >= 4 is 41.3 Å². The summed E-state index contributed by atoms with van der Waals surface area (Å²) in [6.07, 6.45) is 1.39. The predicted molar refractivity (Wildman–Crippen MR) is 84.0 cm³/mol. The van der Waals surface area contributed by atoms with Crippen LogP contribution < -0.4 is 11.5 Å². The molecule has 9 nitrogen and oxygen atoms in total. The van der Waals surface area contributed by atoms with Gasteiger partial charge in [-0.25, -0.2) is 0 Å². The third kappa shape index (κ3) is 14.3. The molecule has 0 fully saturated rings. The third-order valence-electron chi connectivity index (χ3n) is 1.36. The van der Waals surface area contributed by atoms with E-state index >= 15 is 0 Å². The largest absolute Gasteiger partial charge is 0.481 e. The van der Waals surface area contributed by atoms with Crippen molar-refractivity contribution in [3.8, 4) is 0 Å². The number of guanidine groups is 1. The van der Waals surface area contributed by atoms with E-state index in [0.29, 0.717) is 15.6 Å². The average Bonchev–Trinajstić information content (AvgIpc) is 2.21. The van der Waals surface area contributed by atoms with Crippen molar-refractivity contribution in [1.82, 2.24) is 0 Å². The Morgan fingerprint density at radius 3 is 1.90 bits per heavy atom. The highest BCUT2D eigenvalue weighted by atomic mass is 35.5. The summed E-state index contributed by atoms with van der Waals surface area (Å²) in [6.45, 7) is 1.08. The van der Waals surface area contributed by atoms with Crippen molar-refractivity contribution in [2.24, 2.45) is 21.7 Å². The fourth-order valence-electron chi connectivity index (χ4n) is 0.787. The number of nitrogens with zero attached hydrogens (tertiary/aromatic N) is 2. The van der Waals surface area contributed by atoms with Crippen molar-refractivity contribution in [2.45, 2.75) is 6.92 Å². The van der Waals surface area contributed by atoms with Crippen LogP contribution in [0.3, 0.4) is 0 Å². The third-order valence-corrected chi connectivity index (χ3v) is 2.02. The molecule has 11 N–H and O–H groups in total. The van der Waals surface area contributed by atoms with Gasteiger partial charge in [0, 0.05) is 12.5 Å². The van der Waals surface area contributed by atoms with Crippen LogP contribution in [-0.2, 0) is 4.79 Å². The van der Waals surface area contributed by atoms with Crippen LogP contribution >= 0.6 is 23.2 Å². The normalized spacial score (nSPS) is 8.14. The molecule has 1 aromatic rings. The van der Waals surface area contributed by atoms with Crippen molar-refractivity contribution in [3.63, 3.8) is 0 Å². The van der Waals surface area contributed by atoms with Crippen molar-refractivity contribution in [1.29, 1.82) is 0 Å². The summed E-state index contributed by atoms with van der Waals surface area (Å²) in [4.78, 5) is 9.00. The second kappa shape index (κ2) is 14.5. The monoisotopic (exact) mass is 344 g/mol. The number of nitrogens with two attached hydrogens (primary N) is 2. The van der Waals surface area contributed by atoms with Crippen LogP contribution in [0.25, 0.3) is 0 Å². The van der Waals surface area contributed by atoms with E-state index in [2.05, 4.69) is 10.2 Å². The number of carboxylic acid groups (broad SMARTS) is 1. The number of carbonyl (C=O) groups is 1. The zero-order valence-electron chi connectivity index (χ0n) is 11.0. The summed E-state index contributed by atoms with van der Waals surface area (Å²) in [5, 5.41) is 15.4. The zero-order valence-corrected chi connectivity index (χ0v) is 12.5. The molecule has 0 aliphatic carbocycles. The predicted octanol–water partition coefficient (Wildman–Crippen LogP) is -0.782.